The van der Waals surface area contributed by atoms with Gasteiger partial charge in [-0.05, 0) is 33.2 Å². The summed E-state index contributed by atoms with van der Waals surface area (Å²) >= 11 is 0. The summed E-state index contributed by atoms with van der Waals surface area (Å²) in [5, 5.41) is 3.38. The molecule has 1 saturated heterocycles. The number of hydrogen-bond donors (Lipinski definition) is 1. The number of likely N-dealkylation sites (N-methyl/N-ethyl adjacent to an activating group) is 1. The second-order valence-corrected chi connectivity index (χ2v) is 6.70. The lowest BCUT2D eigenvalue weighted by Crippen LogP contribution is -2.52. The second-order valence-electron chi connectivity index (χ2n) is 6.70. The Morgan fingerprint density at radius 3 is 2.43 bits per heavy atom. The van der Waals surface area contributed by atoms with Crippen LogP contribution in [0, 0.1) is 5.92 Å². The first-order valence-corrected chi connectivity index (χ1v) is 8.09. The molecular weight excluding hydrogens is 279 g/mol. The number of alkyl halides is 3. The van der Waals surface area contributed by atoms with Crippen molar-refractivity contribution in [3.05, 3.63) is 0 Å². The first kappa shape index (κ1) is 17.0. The highest BCUT2D eigenvalue weighted by atomic mass is 19.4. The number of rotatable bonds is 4. The maximum Gasteiger partial charge on any atom is 0.391 e. The highest BCUT2D eigenvalue weighted by molar-refractivity contribution is 4.84. The Morgan fingerprint density at radius 1 is 1.14 bits per heavy atom. The minimum Gasteiger partial charge on any atom is -0.312 e. The predicted molar refractivity (Wildman–Crippen MR) is 78.3 cm³/mol. The van der Waals surface area contributed by atoms with Gasteiger partial charge in [-0.25, -0.2) is 0 Å². The molecule has 3 atom stereocenters. The fraction of sp³-hybridized carbons (Fsp3) is 1.00. The third-order valence-corrected chi connectivity index (χ3v) is 5.00. The monoisotopic (exact) mass is 307 g/mol. The van der Waals surface area contributed by atoms with E-state index < -0.39 is 12.1 Å². The molecule has 0 aromatic heterocycles. The zero-order valence-electron chi connectivity index (χ0n) is 13.1. The molecule has 0 bridgehead atoms. The van der Waals surface area contributed by atoms with Crippen molar-refractivity contribution >= 4 is 0 Å². The first-order valence-electron chi connectivity index (χ1n) is 8.09. The van der Waals surface area contributed by atoms with Gasteiger partial charge in [0.05, 0.1) is 5.92 Å². The van der Waals surface area contributed by atoms with Crippen molar-refractivity contribution in [1.82, 2.24) is 15.1 Å². The maximum absolute atomic E-state index is 12.8. The van der Waals surface area contributed by atoms with Crippen molar-refractivity contribution in [3.8, 4) is 0 Å². The largest absolute Gasteiger partial charge is 0.391 e. The van der Waals surface area contributed by atoms with E-state index >= 15 is 0 Å². The van der Waals surface area contributed by atoms with Gasteiger partial charge in [0, 0.05) is 44.8 Å². The number of piperazine rings is 1. The highest BCUT2D eigenvalue weighted by Gasteiger charge is 2.42. The lowest BCUT2D eigenvalue weighted by molar-refractivity contribution is -0.183. The van der Waals surface area contributed by atoms with Crippen molar-refractivity contribution in [3.63, 3.8) is 0 Å². The van der Waals surface area contributed by atoms with E-state index in [2.05, 4.69) is 29.1 Å². The molecule has 1 aliphatic heterocycles. The van der Waals surface area contributed by atoms with Crippen LogP contribution in [0.5, 0.6) is 0 Å². The van der Waals surface area contributed by atoms with E-state index in [1.54, 1.807) is 0 Å². The van der Waals surface area contributed by atoms with E-state index in [0.29, 0.717) is 18.9 Å². The molecule has 1 heterocycles. The van der Waals surface area contributed by atoms with E-state index in [4.69, 9.17) is 0 Å². The average molecular weight is 307 g/mol. The fourth-order valence-electron chi connectivity index (χ4n) is 3.40. The van der Waals surface area contributed by atoms with E-state index in [-0.39, 0.29) is 12.5 Å². The lowest BCUT2D eigenvalue weighted by atomic mass is 9.85. The summed E-state index contributed by atoms with van der Waals surface area (Å²) in [7, 11) is 2.12. The van der Waals surface area contributed by atoms with Crippen molar-refractivity contribution < 1.29 is 13.2 Å². The second kappa shape index (κ2) is 7.29. The van der Waals surface area contributed by atoms with Crippen LogP contribution < -0.4 is 5.32 Å². The normalized spacial score (nSPS) is 31.3. The molecule has 1 N–H and O–H groups in total. The number of nitrogens with one attached hydrogen (secondary N) is 1. The Labute approximate surface area is 125 Å². The van der Waals surface area contributed by atoms with E-state index in [9.17, 15) is 13.2 Å². The summed E-state index contributed by atoms with van der Waals surface area (Å²) in [6, 6.07) is 0.422. The molecule has 3 nitrogen and oxygen atoms in total. The standard InChI is InChI=1S/C15H28F3N3/c1-12(21-8-6-20(2)7-9-21)11-19-14-5-3-4-13(10-14)15(16,17)18/h12-14,19H,3-11H2,1-2H3/t12-,13-,14-/m1/s1. The van der Waals surface area contributed by atoms with Gasteiger partial charge in [0.25, 0.3) is 0 Å². The van der Waals surface area contributed by atoms with Crippen LogP contribution in [0.4, 0.5) is 13.2 Å². The molecule has 0 aromatic carbocycles. The van der Waals surface area contributed by atoms with Gasteiger partial charge < -0.3 is 10.2 Å². The van der Waals surface area contributed by atoms with Crippen molar-refractivity contribution in [2.24, 2.45) is 5.92 Å². The minimum atomic E-state index is -4.02. The van der Waals surface area contributed by atoms with Crippen LogP contribution in [0.2, 0.25) is 0 Å². The molecule has 2 fully saturated rings. The van der Waals surface area contributed by atoms with Crippen molar-refractivity contribution in [2.75, 3.05) is 39.8 Å². The Morgan fingerprint density at radius 2 is 1.81 bits per heavy atom. The van der Waals surface area contributed by atoms with Gasteiger partial charge in [0.1, 0.15) is 0 Å². The van der Waals surface area contributed by atoms with Gasteiger partial charge in [0.2, 0.25) is 0 Å². The van der Waals surface area contributed by atoms with Gasteiger partial charge in [-0.3, -0.25) is 4.90 Å². The predicted octanol–water partition coefficient (Wildman–Crippen LogP) is 2.33. The van der Waals surface area contributed by atoms with Crippen LogP contribution in [0.3, 0.4) is 0 Å². The Hall–Kier alpha value is -0.330. The van der Waals surface area contributed by atoms with E-state index in [1.807, 2.05) is 0 Å². The highest BCUT2D eigenvalue weighted by Crippen LogP contribution is 2.37. The summed E-state index contributed by atoms with van der Waals surface area (Å²) in [6.45, 7) is 7.21. The molecule has 124 valence electrons. The molecule has 0 radical (unpaired) electrons. The summed E-state index contributed by atoms with van der Waals surface area (Å²) < 4.78 is 38.4. The van der Waals surface area contributed by atoms with Crippen molar-refractivity contribution in [2.45, 2.75) is 50.9 Å². The molecule has 2 rings (SSSR count). The van der Waals surface area contributed by atoms with Gasteiger partial charge >= 0.3 is 6.18 Å². The van der Waals surface area contributed by atoms with Crippen LogP contribution in [-0.2, 0) is 0 Å². The van der Waals surface area contributed by atoms with Gasteiger partial charge in [-0.1, -0.05) is 6.42 Å². The zero-order chi connectivity index (χ0) is 15.5. The van der Waals surface area contributed by atoms with Crippen LogP contribution in [-0.4, -0.2) is 67.8 Å². The first-order chi connectivity index (χ1) is 9.86. The number of nitrogens with zero attached hydrogens (tertiary/aromatic N) is 2. The molecule has 1 aliphatic carbocycles. The van der Waals surface area contributed by atoms with E-state index in [1.165, 1.54) is 0 Å². The third-order valence-electron chi connectivity index (χ3n) is 5.00. The van der Waals surface area contributed by atoms with E-state index in [0.717, 1.165) is 39.1 Å². The SMILES string of the molecule is C[C@H](CN[C@@H]1CCC[C@@H](C(F)(F)F)C1)N1CCN(C)CC1. The van der Waals surface area contributed by atoms with Gasteiger partial charge in [-0.15, -0.1) is 0 Å². The van der Waals surface area contributed by atoms with Gasteiger partial charge in [-0.2, -0.15) is 13.2 Å². The number of hydrogen-bond acceptors (Lipinski definition) is 3. The Balaban J connectivity index is 1.72. The van der Waals surface area contributed by atoms with Crippen LogP contribution in [0.1, 0.15) is 32.6 Å². The fourth-order valence-corrected chi connectivity index (χ4v) is 3.40. The van der Waals surface area contributed by atoms with Crippen LogP contribution >= 0.6 is 0 Å². The smallest absolute Gasteiger partial charge is 0.312 e. The quantitative estimate of drug-likeness (QED) is 0.860. The van der Waals surface area contributed by atoms with Crippen molar-refractivity contribution in [1.29, 1.82) is 0 Å². The van der Waals surface area contributed by atoms with Crippen LogP contribution in [0.25, 0.3) is 0 Å². The zero-order valence-corrected chi connectivity index (χ0v) is 13.1. The average Bonchev–Trinajstić information content (AvgIpc) is 2.45. The molecule has 0 unspecified atom stereocenters. The minimum absolute atomic E-state index is 0.0280. The molecule has 6 heteroatoms. The molecule has 1 saturated carbocycles. The van der Waals surface area contributed by atoms with Crippen LogP contribution in [0.15, 0.2) is 0 Å². The molecule has 21 heavy (non-hydrogen) atoms. The maximum atomic E-state index is 12.8. The lowest BCUT2D eigenvalue weighted by Gasteiger charge is -2.38. The summed E-state index contributed by atoms with van der Waals surface area (Å²) in [5.74, 6) is -1.11. The molecule has 0 aromatic rings. The molecule has 0 amide bonds. The Kier molecular flexibility index (Phi) is 5.91. The molecule has 0 spiro atoms. The summed E-state index contributed by atoms with van der Waals surface area (Å²) in [4.78, 5) is 4.74. The third kappa shape index (κ3) is 5.11. The Bertz CT molecular complexity index is 314. The van der Waals surface area contributed by atoms with Gasteiger partial charge in [0.15, 0.2) is 0 Å². The molecule has 2 aliphatic rings. The topological polar surface area (TPSA) is 18.5 Å². The summed E-state index contributed by atoms with van der Waals surface area (Å²) in [5.41, 5.74) is 0. The number of halogens is 3. The molecular formula is C15H28F3N3. The summed E-state index contributed by atoms with van der Waals surface area (Å²) in [6.07, 6.45) is -1.91.